The molecule has 2 rings (SSSR count). The van der Waals surface area contributed by atoms with E-state index in [2.05, 4.69) is 31.0 Å². The van der Waals surface area contributed by atoms with Crippen molar-refractivity contribution < 1.29 is 4.79 Å². The van der Waals surface area contributed by atoms with E-state index in [4.69, 9.17) is 0 Å². The van der Waals surface area contributed by atoms with E-state index >= 15 is 0 Å². The second kappa shape index (κ2) is 6.74. The van der Waals surface area contributed by atoms with Crippen LogP contribution in [0.15, 0.2) is 0 Å². The number of fused-ring (bicyclic) bond motifs is 2. The molecule has 0 saturated carbocycles. The topological polar surface area (TPSA) is 32.3 Å². The van der Waals surface area contributed by atoms with Gasteiger partial charge < -0.3 is 10.2 Å². The van der Waals surface area contributed by atoms with Crippen LogP contribution in [0.2, 0.25) is 0 Å². The molecule has 2 saturated heterocycles. The average molecular weight is 266 g/mol. The van der Waals surface area contributed by atoms with Gasteiger partial charge in [-0.2, -0.15) is 0 Å². The Balaban J connectivity index is 1.92. The van der Waals surface area contributed by atoms with Gasteiger partial charge in [0.1, 0.15) is 0 Å². The Morgan fingerprint density at radius 2 is 1.89 bits per heavy atom. The Kier molecular flexibility index (Phi) is 5.26. The SMILES string of the molecule is CCCN(C(=O)CCC(C)C)C1CC2CCC(C1)N2. The normalized spacial score (nSPS) is 29.8. The van der Waals surface area contributed by atoms with Crippen molar-refractivity contribution in [3.63, 3.8) is 0 Å². The number of piperidine rings is 1. The van der Waals surface area contributed by atoms with E-state index in [9.17, 15) is 4.79 Å². The number of carbonyl (C=O) groups excluding carboxylic acids is 1. The van der Waals surface area contributed by atoms with Crippen molar-refractivity contribution in [3.05, 3.63) is 0 Å². The van der Waals surface area contributed by atoms with E-state index in [1.54, 1.807) is 0 Å². The maximum absolute atomic E-state index is 12.5. The third-order valence-electron chi connectivity index (χ3n) is 4.61. The summed E-state index contributed by atoms with van der Waals surface area (Å²) in [5, 5.41) is 3.67. The van der Waals surface area contributed by atoms with Crippen molar-refractivity contribution in [1.82, 2.24) is 10.2 Å². The molecule has 0 aromatic carbocycles. The van der Waals surface area contributed by atoms with Crippen LogP contribution in [-0.4, -0.2) is 35.5 Å². The van der Waals surface area contributed by atoms with Crippen LogP contribution in [0.3, 0.4) is 0 Å². The van der Waals surface area contributed by atoms with Crippen molar-refractivity contribution in [2.45, 2.75) is 83.8 Å². The number of carbonyl (C=O) groups is 1. The first kappa shape index (κ1) is 14.8. The highest BCUT2D eigenvalue weighted by molar-refractivity contribution is 5.76. The molecule has 2 bridgehead atoms. The van der Waals surface area contributed by atoms with Gasteiger partial charge in [-0.15, -0.1) is 0 Å². The minimum absolute atomic E-state index is 0.391. The van der Waals surface area contributed by atoms with Gasteiger partial charge in [-0.1, -0.05) is 20.8 Å². The zero-order chi connectivity index (χ0) is 13.8. The molecule has 0 radical (unpaired) electrons. The number of nitrogens with one attached hydrogen (secondary N) is 1. The Morgan fingerprint density at radius 1 is 1.26 bits per heavy atom. The molecule has 0 aromatic heterocycles. The molecule has 2 fully saturated rings. The summed E-state index contributed by atoms with van der Waals surface area (Å²) in [4.78, 5) is 14.7. The van der Waals surface area contributed by atoms with Crippen LogP contribution < -0.4 is 5.32 Å². The highest BCUT2D eigenvalue weighted by Crippen LogP contribution is 2.30. The molecular formula is C16H30N2O. The molecule has 1 N–H and O–H groups in total. The van der Waals surface area contributed by atoms with Crippen LogP contribution in [0.25, 0.3) is 0 Å². The number of hydrogen-bond acceptors (Lipinski definition) is 2. The highest BCUT2D eigenvalue weighted by atomic mass is 16.2. The predicted octanol–water partition coefficient (Wildman–Crippen LogP) is 2.94. The fraction of sp³-hybridized carbons (Fsp3) is 0.938. The molecule has 3 nitrogen and oxygen atoms in total. The molecule has 110 valence electrons. The maximum Gasteiger partial charge on any atom is 0.222 e. The van der Waals surface area contributed by atoms with E-state index in [0.29, 0.717) is 30.0 Å². The van der Waals surface area contributed by atoms with Gasteiger partial charge in [0.05, 0.1) is 0 Å². The van der Waals surface area contributed by atoms with Crippen molar-refractivity contribution in [2.24, 2.45) is 5.92 Å². The monoisotopic (exact) mass is 266 g/mol. The molecule has 2 unspecified atom stereocenters. The Morgan fingerprint density at radius 3 is 2.42 bits per heavy atom. The molecule has 3 heteroatoms. The lowest BCUT2D eigenvalue weighted by Crippen LogP contribution is -2.50. The molecule has 1 amide bonds. The molecule has 19 heavy (non-hydrogen) atoms. The van der Waals surface area contributed by atoms with Crippen LogP contribution in [0.4, 0.5) is 0 Å². The lowest BCUT2D eigenvalue weighted by atomic mass is 9.97. The zero-order valence-corrected chi connectivity index (χ0v) is 12.8. The lowest BCUT2D eigenvalue weighted by molar-refractivity contribution is -0.134. The molecule has 0 aliphatic carbocycles. The first-order valence-electron chi connectivity index (χ1n) is 8.15. The summed E-state index contributed by atoms with van der Waals surface area (Å²) in [7, 11) is 0. The summed E-state index contributed by atoms with van der Waals surface area (Å²) in [5.41, 5.74) is 0. The lowest BCUT2D eigenvalue weighted by Gasteiger charge is -2.38. The van der Waals surface area contributed by atoms with Gasteiger partial charge in [0.25, 0.3) is 0 Å². The van der Waals surface area contributed by atoms with Gasteiger partial charge in [0, 0.05) is 31.1 Å². The molecule has 0 aromatic rings. The van der Waals surface area contributed by atoms with Crippen LogP contribution in [-0.2, 0) is 4.79 Å². The molecule has 2 atom stereocenters. The highest BCUT2D eigenvalue weighted by Gasteiger charge is 2.37. The number of amides is 1. The smallest absolute Gasteiger partial charge is 0.222 e. The fourth-order valence-electron chi connectivity index (χ4n) is 3.59. The van der Waals surface area contributed by atoms with Gasteiger partial charge in [0.15, 0.2) is 0 Å². The average Bonchev–Trinajstić information content (AvgIpc) is 2.72. The van der Waals surface area contributed by atoms with Crippen LogP contribution in [0, 0.1) is 5.92 Å². The quantitative estimate of drug-likeness (QED) is 0.801. The summed E-state index contributed by atoms with van der Waals surface area (Å²) in [6.45, 7) is 7.52. The van der Waals surface area contributed by atoms with Gasteiger partial charge in [-0.25, -0.2) is 0 Å². The minimum atomic E-state index is 0.391. The summed E-state index contributed by atoms with van der Waals surface area (Å²) in [6, 6.07) is 1.83. The Bertz CT molecular complexity index is 291. The second-order valence-electron chi connectivity index (χ2n) is 6.78. The molecule has 2 aliphatic heterocycles. The van der Waals surface area contributed by atoms with Crippen LogP contribution >= 0.6 is 0 Å². The summed E-state index contributed by atoms with van der Waals surface area (Å²) < 4.78 is 0. The third-order valence-corrected chi connectivity index (χ3v) is 4.61. The Hall–Kier alpha value is -0.570. The summed E-state index contributed by atoms with van der Waals surface area (Å²) in [5.74, 6) is 1.01. The first-order valence-corrected chi connectivity index (χ1v) is 8.15. The van der Waals surface area contributed by atoms with Gasteiger partial charge in [-0.05, 0) is 44.4 Å². The number of rotatable bonds is 6. The van der Waals surface area contributed by atoms with Crippen LogP contribution in [0.1, 0.15) is 65.7 Å². The Labute approximate surface area is 118 Å². The van der Waals surface area contributed by atoms with Crippen molar-refractivity contribution in [1.29, 1.82) is 0 Å². The standard InChI is InChI=1S/C16H30N2O/c1-4-9-18(16(19)8-5-12(2)3)15-10-13-6-7-14(11-15)17-13/h12-15,17H,4-11H2,1-3H3. The van der Waals surface area contributed by atoms with E-state index in [1.807, 2.05) is 0 Å². The third kappa shape index (κ3) is 3.95. The predicted molar refractivity (Wildman–Crippen MR) is 79.0 cm³/mol. The van der Waals surface area contributed by atoms with E-state index in [1.165, 1.54) is 25.7 Å². The molecule has 2 aliphatic rings. The largest absolute Gasteiger partial charge is 0.340 e. The van der Waals surface area contributed by atoms with Crippen molar-refractivity contribution in [3.8, 4) is 0 Å². The van der Waals surface area contributed by atoms with Gasteiger partial charge >= 0.3 is 0 Å². The van der Waals surface area contributed by atoms with E-state index < -0.39 is 0 Å². The van der Waals surface area contributed by atoms with Crippen molar-refractivity contribution >= 4 is 5.91 Å². The molecule has 0 spiro atoms. The minimum Gasteiger partial charge on any atom is -0.340 e. The van der Waals surface area contributed by atoms with Gasteiger partial charge in [-0.3, -0.25) is 4.79 Å². The number of hydrogen-bond donors (Lipinski definition) is 1. The molecular weight excluding hydrogens is 236 g/mol. The zero-order valence-electron chi connectivity index (χ0n) is 12.8. The van der Waals surface area contributed by atoms with Crippen molar-refractivity contribution in [2.75, 3.05) is 6.54 Å². The van der Waals surface area contributed by atoms with E-state index in [0.717, 1.165) is 25.8 Å². The van der Waals surface area contributed by atoms with Crippen LogP contribution in [0.5, 0.6) is 0 Å². The van der Waals surface area contributed by atoms with Gasteiger partial charge in [0.2, 0.25) is 5.91 Å². The molecule has 2 heterocycles. The van der Waals surface area contributed by atoms with E-state index in [-0.39, 0.29) is 0 Å². The summed E-state index contributed by atoms with van der Waals surface area (Å²) >= 11 is 0. The summed E-state index contributed by atoms with van der Waals surface area (Å²) in [6.07, 6.45) is 7.79. The fourth-order valence-corrected chi connectivity index (χ4v) is 3.59. The maximum atomic E-state index is 12.5. The number of nitrogens with zero attached hydrogens (tertiary/aromatic N) is 1. The second-order valence-corrected chi connectivity index (χ2v) is 6.78. The first-order chi connectivity index (χ1) is 9.10.